The van der Waals surface area contributed by atoms with Gasteiger partial charge in [-0.2, -0.15) is 0 Å². The van der Waals surface area contributed by atoms with E-state index in [-0.39, 0.29) is 5.92 Å². The summed E-state index contributed by atoms with van der Waals surface area (Å²) in [4.78, 5) is 13.1. The van der Waals surface area contributed by atoms with Gasteiger partial charge in [-0.05, 0) is 24.1 Å². The maximum Gasteiger partial charge on any atom is 0.307 e. The van der Waals surface area contributed by atoms with E-state index < -0.39 is 5.97 Å². The molecular formula is C14H19NO3. The number of carbonyl (C=O) groups is 1. The molecule has 0 aromatic heterocycles. The minimum Gasteiger partial charge on any atom is -0.481 e. The van der Waals surface area contributed by atoms with E-state index in [1.54, 1.807) is 7.11 Å². The van der Waals surface area contributed by atoms with Gasteiger partial charge < -0.3 is 9.84 Å². The fraction of sp³-hybridized carbons (Fsp3) is 0.500. The molecule has 1 fully saturated rings. The van der Waals surface area contributed by atoms with Gasteiger partial charge >= 0.3 is 5.97 Å². The summed E-state index contributed by atoms with van der Waals surface area (Å²) in [6.45, 7) is 2.99. The molecule has 0 saturated carbocycles. The van der Waals surface area contributed by atoms with Gasteiger partial charge in [-0.15, -0.1) is 0 Å². The number of ether oxygens (including phenoxy) is 1. The molecule has 2 rings (SSSR count). The molecule has 1 heterocycles. The summed E-state index contributed by atoms with van der Waals surface area (Å²) in [5.74, 6) is -0.870. The molecule has 0 bridgehead atoms. The van der Waals surface area contributed by atoms with E-state index in [9.17, 15) is 4.79 Å². The molecule has 4 nitrogen and oxygen atoms in total. The van der Waals surface area contributed by atoms with E-state index >= 15 is 0 Å². The molecule has 1 saturated heterocycles. The summed E-state index contributed by atoms with van der Waals surface area (Å²) in [6, 6.07) is 8.29. The van der Waals surface area contributed by atoms with Crippen molar-refractivity contribution in [1.29, 1.82) is 0 Å². The van der Waals surface area contributed by atoms with Gasteiger partial charge in [-0.3, -0.25) is 9.69 Å². The van der Waals surface area contributed by atoms with Gasteiger partial charge in [-0.1, -0.05) is 24.3 Å². The largest absolute Gasteiger partial charge is 0.481 e. The number of hydrogen-bond donors (Lipinski definition) is 1. The van der Waals surface area contributed by atoms with Crippen molar-refractivity contribution in [3.8, 4) is 0 Å². The third-order valence-corrected chi connectivity index (χ3v) is 3.36. The number of aliphatic carboxylic acids is 1. The summed E-state index contributed by atoms with van der Waals surface area (Å²) in [5, 5.41) is 8.95. The Hall–Kier alpha value is -1.39. The Morgan fingerprint density at radius 1 is 1.39 bits per heavy atom. The molecule has 0 amide bonds. The molecule has 1 unspecified atom stereocenters. The van der Waals surface area contributed by atoms with Crippen molar-refractivity contribution in [3.05, 3.63) is 35.4 Å². The number of benzene rings is 1. The molecule has 18 heavy (non-hydrogen) atoms. The molecule has 4 heteroatoms. The number of hydrogen-bond acceptors (Lipinski definition) is 3. The fourth-order valence-corrected chi connectivity index (χ4v) is 2.34. The van der Waals surface area contributed by atoms with Crippen LogP contribution in [0, 0.1) is 5.92 Å². The van der Waals surface area contributed by atoms with E-state index in [2.05, 4.69) is 29.2 Å². The first kappa shape index (κ1) is 13.1. The van der Waals surface area contributed by atoms with Gasteiger partial charge in [0.1, 0.15) is 0 Å². The van der Waals surface area contributed by atoms with Crippen LogP contribution in [0.25, 0.3) is 0 Å². The fourth-order valence-electron chi connectivity index (χ4n) is 2.34. The Kier molecular flexibility index (Phi) is 4.33. The highest BCUT2D eigenvalue weighted by atomic mass is 16.5. The van der Waals surface area contributed by atoms with Gasteiger partial charge in [0.15, 0.2) is 0 Å². The van der Waals surface area contributed by atoms with Crippen LogP contribution in [0.15, 0.2) is 24.3 Å². The van der Waals surface area contributed by atoms with Crippen molar-refractivity contribution >= 4 is 5.97 Å². The zero-order chi connectivity index (χ0) is 13.0. The zero-order valence-electron chi connectivity index (χ0n) is 10.6. The highest BCUT2D eigenvalue weighted by Crippen LogP contribution is 2.19. The monoisotopic (exact) mass is 249 g/mol. The normalized spacial score (nSPS) is 20.2. The van der Waals surface area contributed by atoms with Gasteiger partial charge in [-0.25, -0.2) is 0 Å². The van der Waals surface area contributed by atoms with Crippen molar-refractivity contribution in [2.45, 2.75) is 19.6 Å². The first-order valence-corrected chi connectivity index (χ1v) is 6.21. The summed E-state index contributed by atoms with van der Waals surface area (Å²) < 4.78 is 5.07. The molecule has 1 aromatic carbocycles. The SMILES string of the molecule is COCc1ccc(CN2CCC(C(=O)O)C2)cc1. The van der Waals surface area contributed by atoms with Crippen molar-refractivity contribution in [3.63, 3.8) is 0 Å². The lowest BCUT2D eigenvalue weighted by atomic mass is 10.1. The predicted octanol–water partition coefficient (Wildman–Crippen LogP) is 1.74. The van der Waals surface area contributed by atoms with E-state index in [1.165, 1.54) is 5.56 Å². The highest BCUT2D eigenvalue weighted by molar-refractivity contribution is 5.70. The average molecular weight is 249 g/mol. The maximum atomic E-state index is 10.9. The second-order valence-corrected chi connectivity index (χ2v) is 4.81. The minimum atomic E-state index is -0.673. The maximum absolute atomic E-state index is 10.9. The molecule has 1 N–H and O–H groups in total. The van der Waals surface area contributed by atoms with Crippen molar-refractivity contribution in [2.24, 2.45) is 5.92 Å². The standard InChI is InChI=1S/C14H19NO3/c1-18-10-12-4-2-11(3-5-12)8-15-7-6-13(9-15)14(16)17/h2-5,13H,6-10H2,1H3,(H,16,17). The quantitative estimate of drug-likeness (QED) is 0.863. The van der Waals surface area contributed by atoms with Crippen molar-refractivity contribution in [1.82, 2.24) is 4.90 Å². The van der Waals surface area contributed by atoms with Crippen LogP contribution in [0.2, 0.25) is 0 Å². The van der Waals surface area contributed by atoms with Crippen molar-refractivity contribution < 1.29 is 14.6 Å². The van der Waals surface area contributed by atoms with E-state index in [1.807, 2.05) is 0 Å². The van der Waals surface area contributed by atoms with E-state index in [4.69, 9.17) is 9.84 Å². The predicted molar refractivity (Wildman–Crippen MR) is 68.2 cm³/mol. The number of carboxylic acids is 1. The number of methoxy groups -OCH3 is 1. The number of carboxylic acid groups (broad SMARTS) is 1. The van der Waals surface area contributed by atoms with Gasteiger partial charge in [0, 0.05) is 20.2 Å². The Labute approximate surface area is 107 Å². The van der Waals surface area contributed by atoms with E-state index in [0.717, 1.165) is 25.1 Å². The van der Waals surface area contributed by atoms with Crippen LogP contribution >= 0.6 is 0 Å². The number of likely N-dealkylation sites (tertiary alicyclic amines) is 1. The van der Waals surface area contributed by atoms with Gasteiger partial charge in [0.05, 0.1) is 12.5 Å². The van der Waals surface area contributed by atoms with Crippen LogP contribution in [0.5, 0.6) is 0 Å². The Balaban J connectivity index is 1.88. The Morgan fingerprint density at radius 2 is 2.06 bits per heavy atom. The minimum absolute atomic E-state index is 0.197. The Bertz CT molecular complexity index is 402. The topological polar surface area (TPSA) is 49.8 Å². The Morgan fingerprint density at radius 3 is 2.61 bits per heavy atom. The van der Waals surface area contributed by atoms with Crippen LogP contribution in [-0.4, -0.2) is 36.2 Å². The molecule has 1 atom stereocenters. The number of rotatable bonds is 5. The van der Waals surface area contributed by atoms with Crippen LogP contribution < -0.4 is 0 Å². The molecule has 0 aliphatic carbocycles. The molecule has 98 valence electrons. The first-order valence-electron chi connectivity index (χ1n) is 6.21. The highest BCUT2D eigenvalue weighted by Gasteiger charge is 2.27. The van der Waals surface area contributed by atoms with Crippen molar-refractivity contribution in [2.75, 3.05) is 20.2 Å². The summed E-state index contributed by atoms with van der Waals surface area (Å²) in [7, 11) is 1.68. The summed E-state index contributed by atoms with van der Waals surface area (Å²) >= 11 is 0. The molecule has 1 aliphatic rings. The molecule has 0 radical (unpaired) electrons. The second-order valence-electron chi connectivity index (χ2n) is 4.81. The third kappa shape index (κ3) is 3.31. The molecule has 1 aliphatic heterocycles. The number of nitrogens with zero attached hydrogens (tertiary/aromatic N) is 1. The van der Waals surface area contributed by atoms with E-state index in [0.29, 0.717) is 13.2 Å². The van der Waals surface area contributed by atoms with Crippen LogP contribution in [0.4, 0.5) is 0 Å². The lowest BCUT2D eigenvalue weighted by Crippen LogP contribution is -2.22. The van der Waals surface area contributed by atoms with Gasteiger partial charge in [0.25, 0.3) is 0 Å². The van der Waals surface area contributed by atoms with Gasteiger partial charge in [0.2, 0.25) is 0 Å². The first-order chi connectivity index (χ1) is 8.69. The lowest BCUT2D eigenvalue weighted by Gasteiger charge is -2.15. The average Bonchev–Trinajstić information content (AvgIpc) is 2.81. The lowest BCUT2D eigenvalue weighted by molar-refractivity contribution is -0.141. The van der Waals surface area contributed by atoms with Crippen LogP contribution in [-0.2, 0) is 22.7 Å². The van der Waals surface area contributed by atoms with Crippen LogP contribution in [0.1, 0.15) is 17.5 Å². The third-order valence-electron chi connectivity index (χ3n) is 3.36. The summed E-state index contributed by atoms with van der Waals surface area (Å²) in [6.07, 6.45) is 0.761. The second kappa shape index (κ2) is 5.98. The van der Waals surface area contributed by atoms with Crippen LogP contribution in [0.3, 0.4) is 0 Å². The smallest absolute Gasteiger partial charge is 0.307 e. The molecule has 0 spiro atoms. The summed E-state index contributed by atoms with van der Waals surface area (Å²) in [5.41, 5.74) is 2.38. The molecular weight excluding hydrogens is 230 g/mol. The molecule has 1 aromatic rings. The zero-order valence-corrected chi connectivity index (χ0v) is 10.6.